The minimum atomic E-state index is -0.0790. The Balaban J connectivity index is 1.57. The lowest BCUT2D eigenvalue weighted by atomic mass is 10.1. The van der Waals surface area contributed by atoms with E-state index < -0.39 is 0 Å². The van der Waals surface area contributed by atoms with Gasteiger partial charge < -0.3 is 15.7 Å². The number of likely N-dealkylation sites (tertiary alicyclic amines) is 1. The minimum absolute atomic E-state index is 0.0127. The van der Waals surface area contributed by atoms with Crippen LogP contribution in [-0.2, 0) is 4.79 Å². The van der Waals surface area contributed by atoms with E-state index in [1.807, 2.05) is 6.92 Å². The largest absolute Gasteiger partial charge is 0.395 e. The molecule has 1 aromatic carbocycles. The van der Waals surface area contributed by atoms with Crippen LogP contribution in [0, 0.1) is 12.8 Å². The van der Waals surface area contributed by atoms with Crippen molar-refractivity contribution in [3.8, 4) is 0 Å². The zero-order valence-corrected chi connectivity index (χ0v) is 17.2. The van der Waals surface area contributed by atoms with Crippen LogP contribution < -0.4 is 10.6 Å². The Bertz CT molecular complexity index is 708. The summed E-state index contributed by atoms with van der Waals surface area (Å²) < 4.78 is 0. The molecule has 3 N–H and O–H groups in total. The van der Waals surface area contributed by atoms with E-state index in [4.69, 9.17) is 16.7 Å². The van der Waals surface area contributed by atoms with Crippen molar-refractivity contribution in [2.45, 2.75) is 51.1 Å². The topological polar surface area (TPSA) is 81.7 Å². The molecule has 6 nitrogen and oxygen atoms in total. The van der Waals surface area contributed by atoms with Gasteiger partial charge in [0.05, 0.1) is 6.61 Å². The monoisotopic (exact) mass is 407 g/mol. The van der Waals surface area contributed by atoms with Crippen molar-refractivity contribution in [1.29, 1.82) is 0 Å². The molecule has 0 spiro atoms. The first kappa shape index (κ1) is 21.1. The van der Waals surface area contributed by atoms with E-state index in [2.05, 4.69) is 15.5 Å². The predicted octanol–water partition coefficient (Wildman–Crippen LogP) is 2.12. The van der Waals surface area contributed by atoms with Gasteiger partial charge in [0.15, 0.2) is 0 Å². The van der Waals surface area contributed by atoms with Crippen LogP contribution in [-0.4, -0.2) is 60.1 Å². The van der Waals surface area contributed by atoms with Crippen LogP contribution in [0.15, 0.2) is 18.2 Å². The molecular formula is C21H30ClN3O3. The minimum Gasteiger partial charge on any atom is -0.395 e. The molecule has 0 unspecified atom stereocenters. The Labute approximate surface area is 171 Å². The summed E-state index contributed by atoms with van der Waals surface area (Å²) in [6.07, 6.45) is 4.89. The molecule has 2 fully saturated rings. The third kappa shape index (κ3) is 5.69. The quantitative estimate of drug-likeness (QED) is 0.585. The molecule has 1 aliphatic carbocycles. The van der Waals surface area contributed by atoms with Crippen LogP contribution in [0.2, 0.25) is 5.02 Å². The Morgan fingerprint density at radius 1 is 1.18 bits per heavy atom. The highest BCUT2D eigenvalue weighted by Gasteiger charge is 2.38. The summed E-state index contributed by atoms with van der Waals surface area (Å²) in [5.41, 5.74) is 1.51. The third-order valence-electron chi connectivity index (χ3n) is 5.72. The number of carbonyl (C=O) groups excluding carboxylic acids is 2. The maximum atomic E-state index is 12.6. The van der Waals surface area contributed by atoms with E-state index in [9.17, 15) is 9.59 Å². The summed E-state index contributed by atoms with van der Waals surface area (Å²) in [6.45, 7) is 3.73. The fourth-order valence-corrected chi connectivity index (χ4v) is 4.25. The van der Waals surface area contributed by atoms with Crippen LogP contribution in [0.25, 0.3) is 0 Å². The summed E-state index contributed by atoms with van der Waals surface area (Å²) in [7, 11) is 0. The first-order valence-corrected chi connectivity index (χ1v) is 10.5. The lowest BCUT2D eigenvalue weighted by molar-refractivity contribution is -0.122. The molecule has 2 aliphatic rings. The van der Waals surface area contributed by atoms with Gasteiger partial charge in [-0.25, -0.2) is 0 Å². The van der Waals surface area contributed by atoms with E-state index >= 15 is 0 Å². The molecule has 0 bridgehead atoms. The number of halogens is 1. The smallest absolute Gasteiger partial charge is 0.251 e. The molecule has 1 heterocycles. The second-order valence-corrected chi connectivity index (χ2v) is 8.41. The van der Waals surface area contributed by atoms with Crippen LogP contribution in [0.5, 0.6) is 0 Å². The van der Waals surface area contributed by atoms with Crippen LogP contribution in [0.3, 0.4) is 0 Å². The number of aliphatic hydroxyl groups is 1. The first-order valence-electron chi connectivity index (χ1n) is 10.2. The van der Waals surface area contributed by atoms with Crippen LogP contribution in [0.1, 0.15) is 48.0 Å². The molecule has 0 radical (unpaired) electrons. The van der Waals surface area contributed by atoms with Gasteiger partial charge in [-0.1, -0.05) is 11.6 Å². The summed E-state index contributed by atoms with van der Waals surface area (Å²) >= 11 is 5.98. The molecule has 28 heavy (non-hydrogen) atoms. The average Bonchev–Trinajstić information content (AvgIpc) is 3.40. The van der Waals surface area contributed by atoms with Crippen molar-refractivity contribution in [2.24, 2.45) is 5.92 Å². The Hall–Kier alpha value is -1.63. The fourth-order valence-electron chi connectivity index (χ4n) is 4.02. The van der Waals surface area contributed by atoms with E-state index in [1.165, 1.54) is 12.8 Å². The summed E-state index contributed by atoms with van der Waals surface area (Å²) in [5, 5.41) is 15.3. The van der Waals surface area contributed by atoms with E-state index in [1.54, 1.807) is 18.2 Å². The lowest BCUT2D eigenvalue weighted by Gasteiger charge is -2.30. The molecule has 1 aliphatic heterocycles. The SMILES string of the molecule is Cc1cc(Cl)ccc1C(=O)NC[C@@H]1CC[C@H](CC(=O)NCCO)N1CC1CC1. The number of nitrogens with one attached hydrogen (secondary N) is 2. The molecule has 2 amide bonds. The molecular weight excluding hydrogens is 378 g/mol. The number of amides is 2. The number of aliphatic hydroxyl groups excluding tert-OH is 1. The second-order valence-electron chi connectivity index (χ2n) is 7.97. The molecule has 2 atom stereocenters. The van der Waals surface area contributed by atoms with Gasteiger partial charge in [0.25, 0.3) is 5.91 Å². The number of nitrogens with zero attached hydrogens (tertiary/aromatic N) is 1. The highest BCUT2D eigenvalue weighted by molar-refractivity contribution is 6.30. The standard InChI is InChI=1S/C21H30ClN3O3/c1-14-10-16(22)4-7-19(14)21(28)24-12-18-6-5-17(11-20(27)23-8-9-26)25(18)13-15-2-3-15/h4,7,10,15,17-18,26H,2-3,5-6,8-9,11-13H2,1H3,(H,23,27)(H,24,28)/t17-,18+/m1/s1. The Kier molecular flexibility index (Phi) is 7.32. The van der Waals surface area contributed by atoms with Gasteiger partial charge in [-0.05, 0) is 62.3 Å². The van der Waals surface area contributed by atoms with Gasteiger partial charge >= 0.3 is 0 Å². The zero-order valence-electron chi connectivity index (χ0n) is 16.4. The van der Waals surface area contributed by atoms with E-state index in [-0.39, 0.29) is 30.5 Å². The highest BCUT2D eigenvalue weighted by atomic mass is 35.5. The first-order chi connectivity index (χ1) is 13.5. The molecule has 154 valence electrons. The number of benzene rings is 1. The lowest BCUT2D eigenvalue weighted by Crippen LogP contribution is -2.45. The third-order valence-corrected chi connectivity index (χ3v) is 5.96. The van der Waals surface area contributed by atoms with Crippen molar-refractivity contribution >= 4 is 23.4 Å². The molecule has 3 rings (SSSR count). The number of rotatable bonds is 9. The van der Waals surface area contributed by atoms with E-state index in [0.29, 0.717) is 30.1 Å². The normalized spacial score (nSPS) is 22.2. The van der Waals surface area contributed by atoms with Gasteiger partial charge in [-0.15, -0.1) is 0 Å². The predicted molar refractivity (Wildman–Crippen MR) is 109 cm³/mol. The molecule has 7 heteroatoms. The molecule has 1 aromatic rings. The molecule has 1 saturated carbocycles. The van der Waals surface area contributed by atoms with Crippen molar-refractivity contribution in [3.63, 3.8) is 0 Å². The summed E-state index contributed by atoms with van der Waals surface area (Å²) in [5.74, 6) is 0.629. The van der Waals surface area contributed by atoms with Gasteiger partial charge in [0, 0.05) is 48.7 Å². The van der Waals surface area contributed by atoms with Gasteiger partial charge in [0.2, 0.25) is 5.91 Å². The number of aryl methyl sites for hydroxylation is 1. The van der Waals surface area contributed by atoms with Crippen LogP contribution in [0.4, 0.5) is 0 Å². The van der Waals surface area contributed by atoms with E-state index in [0.717, 1.165) is 30.9 Å². The highest BCUT2D eigenvalue weighted by Crippen LogP contribution is 2.35. The van der Waals surface area contributed by atoms with Gasteiger partial charge in [-0.2, -0.15) is 0 Å². The Morgan fingerprint density at radius 2 is 1.93 bits per heavy atom. The average molecular weight is 408 g/mol. The van der Waals surface area contributed by atoms with Crippen LogP contribution >= 0.6 is 11.6 Å². The van der Waals surface area contributed by atoms with Gasteiger partial charge in [-0.3, -0.25) is 14.5 Å². The maximum absolute atomic E-state index is 12.6. The van der Waals surface area contributed by atoms with Crippen molar-refractivity contribution in [1.82, 2.24) is 15.5 Å². The molecule has 0 aromatic heterocycles. The second kappa shape index (κ2) is 9.72. The summed E-state index contributed by atoms with van der Waals surface area (Å²) in [6, 6.07) is 5.76. The Morgan fingerprint density at radius 3 is 2.61 bits per heavy atom. The maximum Gasteiger partial charge on any atom is 0.251 e. The number of hydrogen-bond acceptors (Lipinski definition) is 4. The fraction of sp³-hybridized carbons (Fsp3) is 0.619. The van der Waals surface area contributed by atoms with Gasteiger partial charge in [0.1, 0.15) is 0 Å². The van der Waals surface area contributed by atoms with Crippen molar-refractivity contribution in [3.05, 3.63) is 34.3 Å². The van der Waals surface area contributed by atoms with Crippen molar-refractivity contribution in [2.75, 3.05) is 26.2 Å². The summed E-state index contributed by atoms with van der Waals surface area (Å²) in [4.78, 5) is 27.1. The number of carbonyl (C=O) groups is 2. The molecule has 1 saturated heterocycles. The number of hydrogen-bond donors (Lipinski definition) is 3. The van der Waals surface area contributed by atoms with Crippen molar-refractivity contribution < 1.29 is 14.7 Å². The zero-order chi connectivity index (χ0) is 20.1.